The van der Waals surface area contributed by atoms with Gasteiger partial charge in [0.1, 0.15) is 6.29 Å². The van der Waals surface area contributed by atoms with Crippen LogP contribution in [0.2, 0.25) is 0 Å². The fourth-order valence-electron chi connectivity index (χ4n) is 4.06. The van der Waals surface area contributed by atoms with E-state index in [0.29, 0.717) is 41.6 Å². The molecular formula is C28H28N2O6. The Morgan fingerprint density at radius 3 is 2.39 bits per heavy atom. The van der Waals surface area contributed by atoms with E-state index in [9.17, 15) is 9.59 Å². The minimum absolute atomic E-state index is 0.254. The van der Waals surface area contributed by atoms with E-state index in [2.05, 4.69) is 5.10 Å². The first kappa shape index (κ1) is 24.8. The first-order valence-electron chi connectivity index (χ1n) is 11.6. The number of rotatable bonds is 10. The Labute approximate surface area is 210 Å². The number of hydrogen-bond donors (Lipinski definition) is 0. The lowest BCUT2D eigenvalue weighted by molar-refractivity contribution is -0.135. The molecule has 0 bridgehead atoms. The average Bonchev–Trinajstić information content (AvgIpc) is 3.38. The van der Waals surface area contributed by atoms with Gasteiger partial charge in [0.25, 0.3) is 5.91 Å². The van der Waals surface area contributed by atoms with Crippen molar-refractivity contribution >= 4 is 17.9 Å². The molecule has 0 aliphatic carbocycles. The van der Waals surface area contributed by atoms with Crippen LogP contribution in [-0.2, 0) is 4.79 Å². The van der Waals surface area contributed by atoms with Gasteiger partial charge in [0.05, 0.1) is 32.6 Å². The molecule has 0 radical (unpaired) electrons. The highest BCUT2D eigenvalue weighted by molar-refractivity contribution is 6.03. The zero-order chi connectivity index (χ0) is 25.5. The average molecular weight is 489 g/mol. The second-order valence-electron chi connectivity index (χ2n) is 8.03. The Hall–Kier alpha value is -4.33. The number of hydrogen-bond acceptors (Lipinski definition) is 7. The Kier molecular flexibility index (Phi) is 7.85. The van der Waals surface area contributed by atoms with Gasteiger partial charge in [-0.25, -0.2) is 5.01 Å². The number of nitrogens with zero attached hydrogens (tertiary/aromatic N) is 2. The molecule has 8 heteroatoms. The summed E-state index contributed by atoms with van der Waals surface area (Å²) in [6, 6.07) is 19.8. The zero-order valence-corrected chi connectivity index (χ0v) is 20.5. The Morgan fingerprint density at radius 1 is 0.944 bits per heavy atom. The van der Waals surface area contributed by atoms with Gasteiger partial charge in [0.2, 0.25) is 0 Å². The largest absolute Gasteiger partial charge is 0.493 e. The number of carbonyl (C=O) groups excluding carboxylic acids is 2. The van der Waals surface area contributed by atoms with Crippen molar-refractivity contribution < 1.29 is 28.5 Å². The van der Waals surface area contributed by atoms with E-state index in [1.54, 1.807) is 32.4 Å². The van der Waals surface area contributed by atoms with Crippen molar-refractivity contribution in [1.82, 2.24) is 5.01 Å². The summed E-state index contributed by atoms with van der Waals surface area (Å²) in [7, 11) is 3.15. The van der Waals surface area contributed by atoms with Crippen molar-refractivity contribution in [1.29, 1.82) is 0 Å². The van der Waals surface area contributed by atoms with E-state index in [4.69, 9.17) is 18.9 Å². The predicted octanol–water partition coefficient (Wildman–Crippen LogP) is 4.67. The number of amides is 1. The van der Waals surface area contributed by atoms with E-state index >= 15 is 0 Å². The number of carbonyl (C=O) groups is 2. The molecule has 3 aromatic rings. The summed E-state index contributed by atoms with van der Waals surface area (Å²) in [4.78, 5) is 24.5. The molecule has 36 heavy (non-hydrogen) atoms. The van der Waals surface area contributed by atoms with Gasteiger partial charge < -0.3 is 18.9 Å². The summed E-state index contributed by atoms with van der Waals surface area (Å²) in [5.74, 6) is 1.64. The molecule has 3 aromatic carbocycles. The van der Waals surface area contributed by atoms with Crippen molar-refractivity contribution in [2.45, 2.75) is 19.4 Å². The van der Waals surface area contributed by atoms with Crippen LogP contribution in [0.5, 0.6) is 23.0 Å². The van der Waals surface area contributed by atoms with Gasteiger partial charge in [0.15, 0.2) is 29.6 Å². The van der Waals surface area contributed by atoms with Crippen molar-refractivity contribution in [2.24, 2.45) is 5.10 Å². The van der Waals surface area contributed by atoms with E-state index in [-0.39, 0.29) is 18.6 Å². The maximum absolute atomic E-state index is 13.4. The quantitative estimate of drug-likeness (QED) is 0.386. The molecule has 186 valence electrons. The Balaban J connectivity index is 1.61. The highest BCUT2D eigenvalue weighted by atomic mass is 16.5. The van der Waals surface area contributed by atoms with Crippen LogP contribution in [0.3, 0.4) is 0 Å². The van der Waals surface area contributed by atoms with Gasteiger partial charge in [-0.2, -0.15) is 5.10 Å². The van der Waals surface area contributed by atoms with Crippen LogP contribution in [-0.4, -0.2) is 50.3 Å². The van der Waals surface area contributed by atoms with Gasteiger partial charge in [-0.15, -0.1) is 0 Å². The third-order valence-electron chi connectivity index (χ3n) is 5.82. The van der Waals surface area contributed by atoms with E-state index in [1.807, 2.05) is 55.5 Å². The molecule has 0 fully saturated rings. The second-order valence-corrected chi connectivity index (χ2v) is 8.03. The van der Waals surface area contributed by atoms with Gasteiger partial charge in [0, 0.05) is 12.0 Å². The van der Waals surface area contributed by atoms with Crippen LogP contribution >= 0.6 is 0 Å². The minimum atomic E-state index is -0.347. The van der Waals surface area contributed by atoms with E-state index in [1.165, 1.54) is 5.01 Å². The Bertz CT molecular complexity index is 1260. The van der Waals surface area contributed by atoms with Crippen molar-refractivity contribution in [3.05, 3.63) is 83.4 Å². The number of hydrazone groups is 1. The van der Waals surface area contributed by atoms with Crippen LogP contribution in [0.15, 0.2) is 71.8 Å². The lowest BCUT2D eigenvalue weighted by Gasteiger charge is -2.23. The van der Waals surface area contributed by atoms with Gasteiger partial charge in [-0.1, -0.05) is 36.4 Å². The maximum atomic E-state index is 13.4. The summed E-state index contributed by atoms with van der Waals surface area (Å²) in [5, 5.41) is 6.15. The number of ether oxygens (including phenoxy) is 4. The molecule has 0 aromatic heterocycles. The summed E-state index contributed by atoms with van der Waals surface area (Å²) in [6.07, 6.45) is 1.26. The number of aldehydes is 1. The lowest BCUT2D eigenvalue weighted by atomic mass is 9.98. The summed E-state index contributed by atoms with van der Waals surface area (Å²) >= 11 is 0. The highest BCUT2D eigenvalue weighted by Crippen LogP contribution is 2.37. The molecule has 0 N–H and O–H groups in total. The summed E-state index contributed by atoms with van der Waals surface area (Å²) in [5.41, 5.74) is 3.07. The first-order chi connectivity index (χ1) is 17.6. The van der Waals surface area contributed by atoms with Crippen molar-refractivity contribution in [3.8, 4) is 23.0 Å². The van der Waals surface area contributed by atoms with E-state index < -0.39 is 0 Å². The highest BCUT2D eigenvalue weighted by Gasteiger charge is 2.34. The second kappa shape index (κ2) is 11.4. The van der Waals surface area contributed by atoms with E-state index in [0.717, 1.165) is 23.1 Å². The fraction of sp³-hybridized carbons (Fsp3) is 0.250. The standard InChI is InChI=1S/C28H28N2O6/c1-4-35-27-14-19(17-31)10-12-25(27)36-18-28(32)30-23(16-22(29-30)20-8-6-5-7-9-20)21-11-13-24(33-2)26(15-21)34-3/h5-15,17,23H,4,16,18H2,1-3H3. The van der Waals surface area contributed by atoms with Gasteiger partial charge in [-0.3, -0.25) is 9.59 Å². The summed E-state index contributed by atoms with van der Waals surface area (Å²) in [6.45, 7) is 1.97. The zero-order valence-electron chi connectivity index (χ0n) is 20.5. The normalized spacial score (nSPS) is 14.7. The first-order valence-corrected chi connectivity index (χ1v) is 11.6. The van der Waals surface area contributed by atoms with Crippen molar-refractivity contribution in [2.75, 3.05) is 27.4 Å². The SMILES string of the molecule is CCOc1cc(C=O)ccc1OCC(=O)N1N=C(c2ccccc2)CC1c1ccc(OC)c(OC)c1. The third-order valence-corrected chi connectivity index (χ3v) is 5.82. The molecule has 1 aliphatic heterocycles. The molecule has 0 saturated heterocycles. The van der Waals surface area contributed by atoms with Crippen LogP contribution in [0.4, 0.5) is 0 Å². The molecule has 0 saturated carbocycles. The topological polar surface area (TPSA) is 86.7 Å². The number of benzene rings is 3. The summed E-state index contributed by atoms with van der Waals surface area (Å²) < 4.78 is 22.3. The van der Waals surface area contributed by atoms with Crippen molar-refractivity contribution in [3.63, 3.8) is 0 Å². The van der Waals surface area contributed by atoms with Crippen LogP contribution in [0.1, 0.15) is 40.9 Å². The van der Waals surface area contributed by atoms with Crippen LogP contribution < -0.4 is 18.9 Å². The maximum Gasteiger partial charge on any atom is 0.281 e. The predicted molar refractivity (Wildman–Crippen MR) is 135 cm³/mol. The molecule has 1 unspecified atom stereocenters. The molecular weight excluding hydrogens is 460 g/mol. The Morgan fingerprint density at radius 2 is 1.69 bits per heavy atom. The number of methoxy groups -OCH3 is 2. The lowest BCUT2D eigenvalue weighted by Crippen LogP contribution is -2.31. The molecule has 8 nitrogen and oxygen atoms in total. The van der Waals surface area contributed by atoms with Gasteiger partial charge in [-0.05, 0) is 48.4 Å². The molecule has 4 rings (SSSR count). The minimum Gasteiger partial charge on any atom is -0.493 e. The van der Waals surface area contributed by atoms with Crippen LogP contribution in [0, 0.1) is 0 Å². The molecule has 1 atom stereocenters. The molecule has 1 heterocycles. The van der Waals surface area contributed by atoms with Gasteiger partial charge >= 0.3 is 0 Å². The smallest absolute Gasteiger partial charge is 0.281 e. The monoisotopic (exact) mass is 488 g/mol. The van der Waals surface area contributed by atoms with Crippen LogP contribution in [0.25, 0.3) is 0 Å². The third kappa shape index (κ3) is 5.33. The fourth-order valence-corrected chi connectivity index (χ4v) is 4.06. The molecule has 1 aliphatic rings. The molecule has 0 spiro atoms. The molecule has 1 amide bonds.